The maximum atomic E-state index is 9.27. The van der Waals surface area contributed by atoms with Crippen molar-refractivity contribution in [3.05, 3.63) is 54.7 Å². The van der Waals surface area contributed by atoms with Gasteiger partial charge >= 0.3 is 0 Å². The Balaban J connectivity index is 2.01. The Labute approximate surface area is 116 Å². The van der Waals surface area contributed by atoms with Gasteiger partial charge in [0.1, 0.15) is 17.2 Å². The molecule has 100 valence electrons. The van der Waals surface area contributed by atoms with E-state index in [1.807, 2.05) is 24.3 Å². The monoisotopic (exact) mass is 267 g/mol. The Bertz CT molecular complexity index is 738. The summed E-state index contributed by atoms with van der Waals surface area (Å²) in [6, 6.07) is 14.2. The minimum Gasteiger partial charge on any atom is -0.508 e. The maximum Gasteiger partial charge on any atom is 0.227 e. The second-order valence-electron chi connectivity index (χ2n) is 4.30. The first-order valence-electron chi connectivity index (χ1n) is 6.16. The summed E-state index contributed by atoms with van der Waals surface area (Å²) in [5.41, 5.74) is 0. The van der Waals surface area contributed by atoms with Gasteiger partial charge in [0.15, 0.2) is 0 Å². The van der Waals surface area contributed by atoms with Gasteiger partial charge in [-0.3, -0.25) is 0 Å². The summed E-state index contributed by atoms with van der Waals surface area (Å²) in [6.45, 7) is 0. The number of methoxy groups -OCH3 is 1. The standard InChI is InChI=1S/C16H13NO3/c1-19-14-6-7-15-11(10-14)8-9-17-16(15)20-13-4-2-12(18)3-5-13/h2-10,18H,1H3. The average molecular weight is 267 g/mol. The van der Waals surface area contributed by atoms with Crippen LogP contribution in [0.1, 0.15) is 0 Å². The van der Waals surface area contributed by atoms with Gasteiger partial charge in [0, 0.05) is 11.6 Å². The lowest BCUT2D eigenvalue weighted by Gasteiger charge is -2.08. The molecule has 4 nitrogen and oxygen atoms in total. The number of hydrogen-bond donors (Lipinski definition) is 1. The van der Waals surface area contributed by atoms with Crippen LogP contribution in [-0.4, -0.2) is 17.2 Å². The van der Waals surface area contributed by atoms with Crippen molar-refractivity contribution in [2.75, 3.05) is 7.11 Å². The molecule has 0 saturated carbocycles. The summed E-state index contributed by atoms with van der Waals surface area (Å²) in [5, 5.41) is 11.2. The highest BCUT2D eigenvalue weighted by molar-refractivity contribution is 5.88. The second-order valence-corrected chi connectivity index (χ2v) is 4.30. The first-order chi connectivity index (χ1) is 9.76. The van der Waals surface area contributed by atoms with Gasteiger partial charge < -0.3 is 14.6 Å². The van der Waals surface area contributed by atoms with E-state index in [-0.39, 0.29) is 5.75 Å². The third-order valence-corrected chi connectivity index (χ3v) is 2.99. The van der Waals surface area contributed by atoms with E-state index in [9.17, 15) is 5.11 Å². The fourth-order valence-corrected chi connectivity index (χ4v) is 1.96. The van der Waals surface area contributed by atoms with Crippen LogP contribution in [0.4, 0.5) is 0 Å². The van der Waals surface area contributed by atoms with E-state index in [1.165, 1.54) is 0 Å². The van der Waals surface area contributed by atoms with Crippen LogP contribution in [0.5, 0.6) is 23.1 Å². The molecule has 4 heteroatoms. The Hall–Kier alpha value is -2.75. The predicted molar refractivity (Wildman–Crippen MR) is 76.5 cm³/mol. The third-order valence-electron chi connectivity index (χ3n) is 2.99. The zero-order valence-electron chi connectivity index (χ0n) is 10.9. The lowest BCUT2D eigenvalue weighted by Crippen LogP contribution is -1.90. The summed E-state index contributed by atoms with van der Waals surface area (Å²) in [7, 11) is 1.64. The SMILES string of the molecule is COc1ccc2c(Oc3ccc(O)cc3)nccc2c1. The topological polar surface area (TPSA) is 51.6 Å². The number of aromatic hydroxyl groups is 1. The third kappa shape index (κ3) is 2.36. The second kappa shape index (κ2) is 5.09. The van der Waals surface area contributed by atoms with E-state index in [4.69, 9.17) is 9.47 Å². The number of rotatable bonds is 3. The fourth-order valence-electron chi connectivity index (χ4n) is 1.96. The summed E-state index contributed by atoms with van der Waals surface area (Å²) >= 11 is 0. The number of fused-ring (bicyclic) bond motifs is 1. The van der Waals surface area contributed by atoms with Crippen LogP contribution >= 0.6 is 0 Å². The van der Waals surface area contributed by atoms with Crippen molar-refractivity contribution in [2.24, 2.45) is 0 Å². The number of nitrogens with zero attached hydrogens (tertiary/aromatic N) is 1. The van der Waals surface area contributed by atoms with Gasteiger partial charge in [-0.15, -0.1) is 0 Å². The van der Waals surface area contributed by atoms with E-state index in [0.717, 1.165) is 16.5 Å². The molecular weight excluding hydrogens is 254 g/mol. The van der Waals surface area contributed by atoms with Crippen molar-refractivity contribution in [1.82, 2.24) is 4.98 Å². The highest BCUT2D eigenvalue weighted by Crippen LogP contribution is 2.30. The van der Waals surface area contributed by atoms with Crippen LogP contribution in [0, 0.1) is 0 Å². The van der Waals surface area contributed by atoms with Crippen molar-refractivity contribution in [3.8, 4) is 23.1 Å². The first-order valence-corrected chi connectivity index (χ1v) is 6.16. The number of ether oxygens (including phenoxy) is 2. The van der Waals surface area contributed by atoms with Crippen molar-refractivity contribution < 1.29 is 14.6 Å². The molecule has 3 rings (SSSR count). The summed E-state index contributed by atoms with van der Waals surface area (Å²) in [4.78, 5) is 4.25. The van der Waals surface area contributed by atoms with Gasteiger partial charge in [0.05, 0.1) is 7.11 Å². The summed E-state index contributed by atoms with van der Waals surface area (Å²) < 4.78 is 11.0. The zero-order valence-corrected chi connectivity index (χ0v) is 10.9. The molecule has 0 spiro atoms. The van der Waals surface area contributed by atoms with Crippen LogP contribution in [0.15, 0.2) is 54.7 Å². The van der Waals surface area contributed by atoms with Crippen molar-refractivity contribution in [1.29, 1.82) is 0 Å². The minimum absolute atomic E-state index is 0.202. The van der Waals surface area contributed by atoms with Gasteiger partial charge in [-0.25, -0.2) is 4.98 Å². The van der Waals surface area contributed by atoms with E-state index < -0.39 is 0 Å². The first kappa shape index (κ1) is 12.3. The molecular formula is C16H13NO3. The smallest absolute Gasteiger partial charge is 0.227 e. The number of benzene rings is 2. The molecule has 0 amide bonds. The highest BCUT2D eigenvalue weighted by atomic mass is 16.5. The molecule has 0 atom stereocenters. The molecule has 20 heavy (non-hydrogen) atoms. The number of phenols is 1. The quantitative estimate of drug-likeness (QED) is 0.785. The fraction of sp³-hybridized carbons (Fsp3) is 0.0625. The predicted octanol–water partition coefficient (Wildman–Crippen LogP) is 3.74. The van der Waals surface area contributed by atoms with Crippen LogP contribution in [-0.2, 0) is 0 Å². The molecule has 0 saturated heterocycles. The molecule has 0 aliphatic rings. The van der Waals surface area contributed by atoms with Gasteiger partial charge in [-0.1, -0.05) is 0 Å². The van der Waals surface area contributed by atoms with Crippen LogP contribution in [0.2, 0.25) is 0 Å². The van der Waals surface area contributed by atoms with Crippen LogP contribution < -0.4 is 9.47 Å². The van der Waals surface area contributed by atoms with Gasteiger partial charge in [-0.2, -0.15) is 0 Å². The molecule has 1 N–H and O–H groups in total. The van der Waals surface area contributed by atoms with Crippen molar-refractivity contribution in [3.63, 3.8) is 0 Å². The van der Waals surface area contributed by atoms with E-state index in [2.05, 4.69) is 4.98 Å². The number of hydrogen-bond acceptors (Lipinski definition) is 4. The van der Waals surface area contributed by atoms with Crippen molar-refractivity contribution >= 4 is 10.8 Å². The molecule has 0 unspecified atom stereocenters. The van der Waals surface area contributed by atoms with Gasteiger partial charge in [-0.05, 0) is 53.9 Å². The van der Waals surface area contributed by atoms with Crippen molar-refractivity contribution in [2.45, 2.75) is 0 Å². The number of phenolic OH excluding ortho intramolecular Hbond substituents is 1. The molecule has 3 aromatic rings. The van der Waals surface area contributed by atoms with Crippen LogP contribution in [0.3, 0.4) is 0 Å². The molecule has 2 aromatic carbocycles. The average Bonchev–Trinajstić information content (AvgIpc) is 2.49. The Kier molecular flexibility index (Phi) is 3.13. The van der Waals surface area contributed by atoms with Gasteiger partial charge in [0.25, 0.3) is 0 Å². The van der Waals surface area contributed by atoms with E-state index >= 15 is 0 Å². The Morgan fingerprint density at radius 3 is 2.45 bits per heavy atom. The molecule has 0 aliphatic carbocycles. The van der Waals surface area contributed by atoms with E-state index in [1.54, 1.807) is 37.6 Å². The highest BCUT2D eigenvalue weighted by Gasteiger charge is 2.06. The number of pyridine rings is 1. The molecule has 0 aliphatic heterocycles. The summed E-state index contributed by atoms with van der Waals surface area (Å²) in [6.07, 6.45) is 1.69. The van der Waals surface area contributed by atoms with Gasteiger partial charge in [0.2, 0.25) is 5.88 Å². The minimum atomic E-state index is 0.202. The Morgan fingerprint density at radius 2 is 1.70 bits per heavy atom. The van der Waals surface area contributed by atoms with E-state index in [0.29, 0.717) is 11.6 Å². The molecule has 1 heterocycles. The lowest BCUT2D eigenvalue weighted by molar-refractivity contribution is 0.415. The summed E-state index contributed by atoms with van der Waals surface area (Å²) in [5.74, 6) is 2.14. The molecule has 1 aromatic heterocycles. The Morgan fingerprint density at radius 1 is 0.950 bits per heavy atom. The number of aromatic nitrogens is 1. The lowest BCUT2D eigenvalue weighted by atomic mass is 10.1. The normalized spacial score (nSPS) is 10.4. The zero-order chi connectivity index (χ0) is 13.9. The molecule has 0 bridgehead atoms. The van der Waals surface area contributed by atoms with Crippen LogP contribution in [0.25, 0.3) is 10.8 Å². The molecule has 0 fully saturated rings. The largest absolute Gasteiger partial charge is 0.508 e. The maximum absolute atomic E-state index is 9.27. The molecule has 0 radical (unpaired) electrons.